The number of allylic oxidation sites excluding steroid dienone is 1. The van der Waals surface area contributed by atoms with Gasteiger partial charge in [0.25, 0.3) is 0 Å². The Labute approximate surface area is 116 Å². The van der Waals surface area contributed by atoms with Crippen LogP contribution in [0.15, 0.2) is 12.2 Å². The van der Waals surface area contributed by atoms with Crippen LogP contribution in [-0.2, 0) is 21.9 Å². The molecule has 0 aromatic rings. The fraction of sp³-hybridized carbons (Fsp3) is 0.786. The van der Waals surface area contributed by atoms with Gasteiger partial charge in [0.1, 0.15) is 0 Å². The van der Waals surface area contributed by atoms with Crippen molar-refractivity contribution in [3.05, 3.63) is 12.2 Å². The molecule has 0 aliphatic rings. The Balaban J connectivity index is 0. The standard InChI is InChI=1S/C14H26O2.Mn/c1-2-3-4-5-6-7-8-9-10-11-12-13-14(15)16;/h12-13H,2-11H2,1H3,(H,15,16);. The van der Waals surface area contributed by atoms with E-state index < -0.39 is 5.97 Å². The van der Waals surface area contributed by atoms with E-state index in [1.165, 1.54) is 57.4 Å². The number of hydrogen-bond donors (Lipinski definition) is 1. The van der Waals surface area contributed by atoms with Crippen LogP contribution in [0.3, 0.4) is 0 Å². The Bertz CT molecular complexity index is 191. The molecule has 0 aliphatic carbocycles. The van der Waals surface area contributed by atoms with E-state index >= 15 is 0 Å². The molecule has 1 N–H and O–H groups in total. The third-order valence-electron chi connectivity index (χ3n) is 2.73. The van der Waals surface area contributed by atoms with E-state index in [9.17, 15) is 4.79 Å². The van der Waals surface area contributed by atoms with Gasteiger partial charge in [-0.2, -0.15) is 0 Å². The first-order valence-corrected chi connectivity index (χ1v) is 6.67. The van der Waals surface area contributed by atoms with Gasteiger partial charge in [-0.15, -0.1) is 0 Å². The Morgan fingerprint density at radius 2 is 1.41 bits per heavy atom. The number of hydrogen-bond acceptors (Lipinski definition) is 1. The zero-order chi connectivity index (χ0) is 12.1. The first kappa shape index (κ1) is 19.1. The van der Waals surface area contributed by atoms with E-state index in [4.69, 9.17) is 5.11 Å². The monoisotopic (exact) mass is 281 g/mol. The number of carboxylic acid groups (broad SMARTS) is 1. The molecule has 0 aromatic heterocycles. The van der Waals surface area contributed by atoms with Crippen LogP contribution in [-0.4, -0.2) is 11.1 Å². The van der Waals surface area contributed by atoms with Crippen molar-refractivity contribution in [1.82, 2.24) is 0 Å². The maximum atomic E-state index is 10.2. The van der Waals surface area contributed by atoms with Crippen LogP contribution < -0.4 is 0 Å². The molecule has 0 bridgehead atoms. The van der Waals surface area contributed by atoms with Crippen molar-refractivity contribution < 1.29 is 27.0 Å². The average Bonchev–Trinajstić information content (AvgIpc) is 2.25. The molecule has 2 nitrogen and oxygen atoms in total. The van der Waals surface area contributed by atoms with Crippen LogP contribution in [0.4, 0.5) is 0 Å². The van der Waals surface area contributed by atoms with Crippen LogP contribution in [0, 0.1) is 0 Å². The zero-order valence-corrected chi connectivity index (χ0v) is 12.1. The predicted octanol–water partition coefficient (Wildman–Crippen LogP) is 4.55. The van der Waals surface area contributed by atoms with Gasteiger partial charge in [0.15, 0.2) is 0 Å². The average molecular weight is 281 g/mol. The summed E-state index contributed by atoms with van der Waals surface area (Å²) in [6, 6.07) is 0. The van der Waals surface area contributed by atoms with Gasteiger partial charge in [-0.25, -0.2) is 4.79 Å². The maximum Gasteiger partial charge on any atom is 0.327 e. The van der Waals surface area contributed by atoms with Gasteiger partial charge in [-0.1, -0.05) is 64.4 Å². The molecule has 0 spiro atoms. The molecule has 3 heteroatoms. The number of carbonyl (C=O) groups is 1. The molecule has 0 amide bonds. The minimum Gasteiger partial charge on any atom is -0.478 e. The summed E-state index contributed by atoms with van der Waals surface area (Å²) in [5, 5.41) is 8.37. The summed E-state index contributed by atoms with van der Waals surface area (Å²) in [5.41, 5.74) is 0. The molecule has 0 atom stereocenters. The van der Waals surface area contributed by atoms with Crippen molar-refractivity contribution in [2.45, 2.75) is 71.1 Å². The summed E-state index contributed by atoms with van der Waals surface area (Å²) in [5.74, 6) is -0.837. The largest absolute Gasteiger partial charge is 0.478 e. The fourth-order valence-corrected chi connectivity index (χ4v) is 1.76. The Morgan fingerprint density at radius 3 is 1.88 bits per heavy atom. The Morgan fingerprint density at radius 1 is 0.941 bits per heavy atom. The zero-order valence-electron chi connectivity index (χ0n) is 11.0. The maximum absolute atomic E-state index is 10.2. The summed E-state index contributed by atoms with van der Waals surface area (Å²) >= 11 is 0. The first-order valence-electron chi connectivity index (χ1n) is 6.67. The second-order valence-electron chi connectivity index (χ2n) is 4.36. The quantitative estimate of drug-likeness (QED) is 0.343. The van der Waals surface area contributed by atoms with Gasteiger partial charge >= 0.3 is 5.97 Å². The number of aliphatic carboxylic acids is 1. The van der Waals surface area contributed by atoms with Gasteiger partial charge < -0.3 is 5.11 Å². The minimum atomic E-state index is -0.837. The normalized spacial score (nSPS) is 10.4. The van der Waals surface area contributed by atoms with Crippen molar-refractivity contribution in [2.75, 3.05) is 0 Å². The van der Waals surface area contributed by atoms with Crippen molar-refractivity contribution in [2.24, 2.45) is 0 Å². The van der Waals surface area contributed by atoms with E-state index in [1.807, 2.05) is 0 Å². The molecule has 0 rings (SSSR count). The Hall–Kier alpha value is -0.271. The molecular weight excluding hydrogens is 255 g/mol. The Kier molecular flexibility index (Phi) is 17.7. The molecule has 1 radical (unpaired) electrons. The number of rotatable bonds is 11. The molecule has 0 fully saturated rings. The predicted molar refractivity (Wildman–Crippen MR) is 68.6 cm³/mol. The van der Waals surface area contributed by atoms with E-state index in [-0.39, 0.29) is 17.1 Å². The van der Waals surface area contributed by atoms with E-state index in [0.29, 0.717) is 0 Å². The molecular formula is C14H26MnO2. The van der Waals surface area contributed by atoms with Gasteiger partial charge in [0.05, 0.1) is 0 Å². The van der Waals surface area contributed by atoms with Crippen LogP contribution in [0.5, 0.6) is 0 Å². The minimum absolute atomic E-state index is 0. The topological polar surface area (TPSA) is 37.3 Å². The summed E-state index contributed by atoms with van der Waals surface area (Å²) in [4.78, 5) is 10.2. The summed E-state index contributed by atoms with van der Waals surface area (Å²) in [6.07, 6.45) is 15.7. The van der Waals surface area contributed by atoms with Crippen LogP contribution >= 0.6 is 0 Å². The van der Waals surface area contributed by atoms with Crippen molar-refractivity contribution in [3.63, 3.8) is 0 Å². The van der Waals surface area contributed by atoms with Gasteiger partial charge in [-0.3, -0.25) is 0 Å². The van der Waals surface area contributed by atoms with E-state index in [2.05, 4.69) is 6.92 Å². The first-order chi connectivity index (χ1) is 7.77. The third kappa shape index (κ3) is 18.3. The van der Waals surface area contributed by atoms with Crippen molar-refractivity contribution in [1.29, 1.82) is 0 Å². The fourth-order valence-electron chi connectivity index (χ4n) is 1.76. The van der Waals surface area contributed by atoms with Crippen molar-refractivity contribution >= 4 is 5.97 Å². The molecule has 0 heterocycles. The SMILES string of the molecule is CCCCCCCCCCCC=CC(=O)O.[Mn]. The molecule has 0 saturated heterocycles. The van der Waals surface area contributed by atoms with Crippen LogP contribution in [0.25, 0.3) is 0 Å². The molecule has 101 valence electrons. The van der Waals surface area contributed by atoms with Gasteiger partial charge in [-0.05, 0) is 12.8 Å². The molecule has 17 heavy (non-hydrogen) atoms. The smallest absolute Gasteiger partial charge is 0.327 e. The van der Waals surface area contributed by atoms with E-state index in [0.717, 1.165) is 12.8 Å². The molecule has 0 unspecified atom stereocenters. The molecule has 0 saturated carbocycles. The van der Waals surface area contributed by atoms with Gasteiger partial charge in [0, 0.05) is 23.1 Å². The summed E-state index contributed by atoms with van der Waals surface area (Å²) in [7, 11) is 0. The van der Waals surface area contributed by atoms with Crippen molar-refractivity contribution in [3.8, 4) is 0 Å². The number of unbranched alkanes of at least 4 members (excludes halogenated alkanes) is 9. The van der Waals surface area contributed by atoms with Gasteiger partial charge in [0.2, 0.25) is 0 Å². The van der Waals surface area contributed by atoms with Crippen LogP contribution in [0.1, 0.15) is 71.1 Å². The van der Waals surface area contributed by atoms with Crippen LogP contribution in [0.2, 0.25) is 0 Å². The number of carboxylic acids is 1. The molecule has 0 aromatic carbocycles. The third-order valence-corrected chi connectivity index (χ3v) is 2.73. The summed E-state index contributed by atoms with van der Waals surface area (Å²) < 4.78 is 0. The second kappa shape index (κ2) is 15.7. The second-order valence-corrected chi connectivity index (χ2v) is 4.36. The summed E-state index contributed by atoms with van der Waals surface area (Å²) in [6.45, 7) is 2.24. The van der Waals surface area contributed by atoms with E-state index in [1.54, 1.807) is 6.08 Å². The molecule has 0 aliphatic heterocycles.